The number of rotatable bonds is 5. The first-order valence-electron chi connectivity index (χ1n) is 8.70. The van der Waals surface area contributed by atoms with Gasteiger partial charge in [0.2, 0.25) is 0 Å². The summed E-state index contributed by atoms with van der Waals surface area (Å²) in [7, 11) is 0. The summed E-state index contributed by atoms with van der Waals surface area (Å²) in [5.41, 5.74) is 4.43. The van der Waals surface area contributed by atoms with Crippen molar-refractivity contribution in [2.75, 3.05) is 0 Å². The molecule has 2 heterocycles. The van der Waals surface area contributed by atoms with Crippen molar-refractivity contribution in [3.05, 3.63) is 64.0 Å². The maximum atomic E-state index is 12.4. The Morgan fingerprint density at radius 2 is 2.12 bits per heavy atom. The van der Waals surface area contributed by atoms with Crippen molar-refractivity contribution in [3.63, 3.8) is 0 Å². The molecule has 26 heavy (non-hydrogen) atoms. The first-order chi connectivity index (χ1) is 12.4. The van der Waals surface area contributed by atoms with E-state index in [9.17, 15) is 9.59 Å². The van der Waals surface area contributed by atoms with E-state index in [0.717, 1.165) is 23.4 Å². The van der Waals surface area contributed by atoms with Crippen LogP contribution in [-0.2, 0) is 13.1 Å². The Labute approximate surface area is 152 Å². The van der Waals surface area contributed by atoms with Gasteiger partial charge < -0.3 is 15.7 Å². The Kier molecular flexibility index (Phi) is 5.04. The zero-order valence-corrected chi connectivity index (χ0v) is 15.2. The molecule has 6 heteroatoms. The Morgan fingerprint density at radius 3 is 2.77 bits per heavy atom. The summed E-state index contributed by atoms with van der Waals surface area (Å²) >= 11 is 0. The molecule has 1 aromatic carbocycles. The van der Waals surface area contributed by atoms with Gasteiger partial charge in [0.15, 0.2) is 0 Å². The Hall–Kier alpha value is -2.73. The molecule has 1 aromatic heterocycles. The number of carbonyl (C=O) groups excluding carboxylic acids is 1. The van der Waals surface area contributed by atoms with Gasteiger partial charge in [-0.3, -0.25) is 9.78 Å². The Bertz CT molecular complexity index is 861. The maximum Gasteiger partial charge on any atom is 0.335 e. The molecule has 0 saturated carbocycles. The number of carboxylic acids is 1. The van der Waals surface area contributed by atoms with E-state index in [2.05, 4.69) is 29.5 Å². The van der Waals surface area contributed by atoms with E-state index in [-0.39, 0.29) is 17.5 Å². The molecule has 1 aliphatic rings. The number of hydrogen-bond donors (Lipinski definition) is 3. The lowest BCUT2D eigenvalue weighted by molar-refractivity contribution is 0.0695. The molecule has 1 aliphatic heterocycles. The van der Waals surface area contributed by atoms with Crippen LogP contribution >= 0.6 is 0 Å². The summed E-state index contributed by atoms with van der Waals surface area (Å²) in [6.45, 7) is 7.10. The third-order valence-electron chi connectivity index (χ3n) is 4.71. The molecule has 136 valence electrons. The van der Waals surface area contributed by atoms with Gasteiger partial charge in [0.05, 0.1) is 22.9 Å². The molecule has 6 nitrogen and oxygen atoms in total. The smallest absolute Gasteiger partial charge is 0.335 e. The SMILES string of the molecule is Cc1cc(CNC(=O)c2cnc3c(c2)CN[C@H]3C(C)C)ccc1C(=O)O. The lowest BCUT2D eigenvalue weighted by Gasteiger charge is -2.15. The highest BCUT2D eigenvalue weighted by Gasteiger charge is 2.26. The van der Waals surface area contributed by atoms with Gasteiger partial charge in [-0.2, -0.15) is 0 Å². The molecule has 0 bridgehead atoms. The summed E-state index contributed by atoms with van der Waals surface area (Å²) in [6, 6.07) is 7.19. The normalized spacial score (nSPS) is 15.8. The number of benzene rings is 1. The molecule has 0 spiro atoms. The number of nitrogens with one attached hydrogen (secondary N) is 2. The standard InChI is InChI=1S/C20H23N3O3/c1-11(2)17-18-14(9-21-17)7-15(10-22-18)19(24)23-8-13-4-5-16(20(25)26)12(3)6-13/h4-7,10-11,17,21H,8-9H2,1-3H3,(H,23,24)(H,25,26)/t17-/m0/s1. The van der Waals surface area contributed by atoms with Crippen LogP contribution in [0.4, 0.5) is 0 Å². The quantitative estimate of drug-likeness (QED) is 0.769. The average molecular weight is 353 g/mol. The number of pyridine rings is 1. The van der Waals surface area contributed by atoms with Crippen molar-refractivity contribution in [1.82, 2.24) is 15.6 Å². The molecule has 1 atom stereocenters. The third-order valence-corrected chi connectivity index (χ3v) is 4.71. The summed E-state index contributed by atoms with van der Waals surface area (Å²) in [5, 5.41) is 15.4. The minimum atomic E-state index is -0.949. The van der Waals surface area contributed by atoms with Crippen LogP contribution in [-0.4, -0.2) is 22.0 Å². The van der Waals surface area contributed by atoms with Gasteiger partial charge >= 0.3 is 5.97 Å². The van der Waals surface area contributed by atoms with Crippen LogP contribution in [0, 0.1) is 12.8 Å². The predicted octanol–water partition coefficient (Wildman–Crippen LogP) is 2.82. The van der Waals surface area contributed by atoms with Gasteiger partial charge in [-0.05, 0) is 41.7 Å². The Balaban J connectivity index is 1.68. The highest BCUT2D eigenvalue weighted by molar-refractivity contribution is 5.94. The van der Waals surface area contributed by atoms with E-state index in [1.807, 2.05) is 6.07 Å². The van der Waals surface area contributed by atoms with Crippen LogP contribution in [0.1, 0.15) is 63.0 Å². The van der Waals surface area contributed by atoms with Crippen molar-refractivity contribution in [2.45, 2.75) is 39.9 Å². The monoisotopic (exact) mass is 353 g/mol. The molecule has 0 unspecified atom stereocenters. The Morgan fingerprint density at radius 1 is 1.35 bits per heavy atom. The second kappa shape index (κ2) is 7.25. The van der Waals surface area contributed by atoms with E-state index in [1.54, 1.807) is 31.3 Å². The molecule has 1 amide bonds. The third kappa shape index (κ3) is 3.60. The lowest BCUT2D eigenvalue weighted by Crippen LogP contribution is -2.23. The molecule has 0 saturated heterocycles. The molecule has 0 radical (unpaired) electrons. The number of amides is 1. The molecular weight excluding hydrogens is 330 g/mol. The number of fused-ring (bicyclic) bond motifs is 1. The van der Waals surface area contributed by atoms with Gasteiger partial charge in [-0.15, -0.1) is 0 Å². The minimum Gasteiger partial charge on any atom is -0.478 e. The van der Waals surface area contributed by atoms with E-state index in [4.69, 9.17) is 5.11 Å². The van der Waals surface area contributed by atoms with Gasteiger partial charge in [0, 0.05) is 19.3 Å². The highest BCUT2D eigenvalue weighted by Crippen LogP contribution is 2.29. The number of carboxylic acid groups (broad SMARTS) is 1. The molecule has 2 aromatic rings. The van der Waals surface area contributed by atoms with Crippen LogP contribution < -0.4 is 10.6 Å². The van der Waals surface area contributed by atoms with Crippen LogP contribution in [0.15, 0.2) is 30.5 Å². The fourth-order valence-electron chi connectivity index (χ4n) is 3.29. The number of aromatic nitrogens is 1. The molecule has 0 aliphatic carbocycles. The van der Waals surface area contributed by atoms with E-state index in [0.29, 0.717) is 23.6 Å². The van der Waals surface area contributed by atoms with Crippen molar-refractivity contribution in [1.29, 1.82) is 0 Å². The molecule has 3 rings (SSSR count). The summed E-state index contributed by atoms with van der Waals surface area (Å²) in [6.07, 6.45) is 1.62. The zero-order chi connectivity index (χ0) is 18.8. The second-order valence-electron chi connectivity index (χ2n) is 7.01. The summed E-state index contributed by atoms with van der Waals surface area (Å²) < 4.78 is 0. The largest absolute Gasteiger partial charge is 0.478 e. The number of carbonyl (C=O) groups is 2. The van der Waals surface area contributed by atoms with Gasteiger partial charge in [0.25, 0.3) is 5.91 Å². The van der Waals surface area contributed by atoms with E-state index >= 15 is 0 Å². The maximum absolute atomic E-state index is 12.4. The first-order valence-corrected chi connectivity index (χ1v) is 8.70. The van der Waals surface area contributed by atoms with E-state index in [1.165, 1.54) is 0 Å². The van der Waals surface area contributed by atoms with E-state index < -0.39 is 5.97 Å². The number of aryl methyl sites for hydroxylation is 1. The van der Waals surface area contributed by atoms with Crippen molar-refractivity contribution in [2.24, 2.45) is 5.92 Å². The van der Waals surface area contributed by atoms with Crippen molar-refractivity contribution < 1.29 is 14.7 Å². The van der Waals surface area contributed by atoms with Gasteiger partial charge in [-0.25, -0.2) is 4.79 Å². The van der Waals surface area contributed by atoms with Crippen LogP contribution in [0.5, 0.6) is 0 Å². The second-order valence-corrected chi connectivity index (χ2v) is 7.01. The summed E-state index contributed by atoms with van der Waals surface area (Å²) in [5.74, 6) is -0.690. The average Bonchev–Trinajstić information content (AvgIpc) is 3.02. The summed E-state index contributed by atoms with van der Waals surface area (Å²) in [4.78, 5) is 28.0. The minimum absolute atomic E-state index is 0.187. The molecule has 3 N–H and O–H groups in total. The fraction of sp³-hybridized carbons (Fsp3) is 0.350. The van der Waals surface area contributed by atoms with Crippen LogP contribution in [0.2, 0.25) is 0 Å². The van der Waals surface area contributed by atoms with Crippen LogP contribution in [0.3, 0.4) is 0 Å². The zero-order valence-electron chi connectivity index (χ0n) is 15.2. The van der Waals surface area contributed by atoms with Gasteiger partial charge in [0.1, 0.15) is 0 Å². The molecule has 0 fully saturated rings. The van der Waals surface area contributed by atoms with Gasteiger partial charge in [-0.1, -0.05) is 26.0 Å². The number of nitrogens with zero attached hydrogens (tertiary/aromatic N) is 1. The van der Waals surface area contributed by atoms with Crippen molar-refractivity contribution in [3.8, 4) is 0 Å². The molecular formula is C20H23N3O3. The van der Waals surface area contributed by atoms with Crippen molar-refractivity contribution >= 4 is 11.9 Å². The number of hydrogen-bond acceptors (Lipinski definition) is 4. The predicted molar refractivity (Wildman–Crippen MR) is 98.0 cm³/mol. The fourth-order valence-corrected chi connectivity index (χ4v) is 3.29. The topological polar surface area (TPSA) is 91.3 Å². The highest BCUT2D eigenvalue weighted by atomic mass is 16.4. The van der Waals surface area contributed by atoms with Crippen LogP contribution in [0.25, 0.3) is 0 Å². The number of aromatic carboxylic acids is 1. The first kappa shape index (κ1) is 18.1. The lowest BCUT2D eigenvalue weighted by atomic mass is 10.0.